The molecular formula is C16H18N2O3. The van der Waals surface area contributed by atoms with Crippen LogP contribution in [0.2, 0.25) is 0 Å². The molecule has 5 heteroatoms. The molecule has 1 amide bonds. The highest BCUT2D eigenvalue weighted by molar-refractivity contribution is 5.82. The van der Waals surface area contributed by atoms with Gasteiger partial charge in [0.15, 0.2) is 0 Å². The van der Waals surface area contributed by atoms with E-state index in [1.807, 2.05) is 31.2 Å². The molecule has 0 aliphatic heterocycles. The van der Waals surface area contributed by atoms with Crippen LogP contribution in [0, 0.1) is 12.8 Å². The average molecular weight is 286 g/mol. The molecule has 1 heterocycles. The van der Waals surface area contributed by atoms with Gasteiger partial charge < -0.3 is 14.5 Å². The largest absolute Gasteiger partial charge is 0.497 e. The highest BCUT2D eigenvalue weighted by Gasteiger charge is 2.43. The first-order valence-electron chi connectivity index (χ1n) is 7.00. The highest BCUT2D eigenvalue weighted by atomic mass is 16.5. The lowest BCUT2D eigenvalue weighted by Crippen LogP contribution is -2.25. The smallest absolute Gasteiger partial charge is 0.224 e. The number of aromatic nitrogens is 1. The summed E-state index contributed by atoms with van der Waals surface area (Å²) in [6.07, 6.45) is 2.53. The maximum absolute atomic E-state index is 12.1. The van der Waals surface area contributed by atoms with E-state index >= 15 is 0 Å². The third kappa shape index (κ3) is 3.07. The van der Waals surface area contributed by atoms with Gasteiger partial charge in [-0.3, -0.25) is 4.79 Å². The van der Waals surface area contributed by atoms with E-state index in [1.54, 1.807) is 13.3 Å². The Kier molecular flexibility index (Phi) is 3.64. The van der Waals surface area contributed by atoms with Crippen LogP contribution in [-0.4, -0.2) is 18.0 Å². The van der Waals surface area contributed by atoms with Crippen molar-refractivity contribution >= 4 is 5.91 Å². The van der Waals surface area contributed by atoms with Crippen LogP contribution >= 0.6 is 0 Å². The number of benzene rings is 1. The van der Waals surface area contributed by atoms with E-state index < -0.39 is 0 Å². The molecule has 0 radical (unpaired) electrons. The number of hydrogen-bond donors (Lipinski definition) is 1. The van der Waals surface area contributed by atoms with Crippen LogP contribution in [0.3, 0.4) is 0 Å². The Morgan fingerprint density at radius 3 is 3.10 bits per heavy atom. The summed E-state index contributed by atoms with van der Waals surface area (Å²) in [6.45, 7) is 2.17. The second-order valence-electron chi connectivity index (χ2n) is 5.31. The van der Waals surface area contributed by atoms with Crippen molar-refractivity contribution in [2.75, 3.05) is 7.11 Å². The minimum absolute atomic E-state index is 0.0353. The minimum atomic E-state index is 0.0353. The minimum Gasteiger partial charge on any atom is -0.497 e. The molecule has 1 fully saturated rings. The number of carbonyl (C=O) groups excluding carboxylic acids is 1. The SMILES string of the molecule is COc1cccc(C2CC2C(=O)NCc2ncc(C)o2)c1. The molecule has 5 nitrogen and oxygen atoms in total. The van der Waals surface area contributed by atoms with E-state index in [2.05, 4.69) is 10.3 Å². The maximum Gasteiger partial charge on any atom is 0.224 e. The van der Waals surface area contributed by atoms with E-state index in [0.717, 1.165) is 23.5 Å². The summed E-state index contributed by atoms with van der Waals surface area (Å²) in [4.78, 5) is 16.2. The van der Waals surface area contributed by atoms with E-state index in [1.165, 1.54) is 0 Å². The molecule has 0 spiro atoms. The molecule has 0 saturated heterocycles. The molecule has 2 aromatic rings. The second kappa shape index (κ2) is 5.60. The zero-order valence-electron chi connectivity index (χ0n) is 12.1. The van der Waals surface area contributed by atoms with Gasteiger partial charge in [-0.2, -0.15) is 0 Å². The van der Waals surface area contributed by atoms with Crippen LogP contribution in [0.5, 0.6) is 5.75 Å². The topological polar surface area (TPSA) is 64.4 Å². The van der Waals surface area contributed by atoms with Crippen molar-refractivity contribution < 1.29 is 13.9 Å². The molecule has 1 aromatic carbocycles. The summed E-state index contributed by atoms with van der Waals surface area (Å²) in [7, 11) is 1.65. The van der Waals surface area contributed by atoms with Crippen molar-refractivity contribution in [3.05, 3.63) is 47.7 Å². The zero-order chi connectivity index (χ0) is 14.8. The molecular weight excluding hydrogens is 268 g/mol. The van der Waals surface area contributed by atoms with Crippen molar-refractivity contribution in [1.82, 2.24) is 10.3 Å². The number of hydrogen-bond acceptors (Lipinski definition) is 4. The van der Waals surface area contributed by atoms with E-state index in [0.29, 0.717) is 12.4 Å². The monoisotopic (exact) mass is 286 g/mol. The molecule has 0 bridgehead atoms. The normalized spacial score (nSPS) is 20.1. The van der Waals surface area contributed by atoms with Gasteiger partial charge in [0.2, 0.25) is 11.8 Å². The number of oxazole rings is 1. The lowest BCUT2D eigenvalue weighted by atomic mass is 10.1. The van der Waals surface area contributed by atoms with Crippen molar-refractivity contribution in [2.24, 2.45) is 5.92 Å². The van der Waals surface area contributed by atoms with Gasteiger partial charge in [-0.05, 0) is 37.0 Å². The molecule has 2 atom stereocenters. The highest BCUT2D eigenvalue weighted by Crippen LogP contribution is 2.48. The fourth-order valence-corrected chi connectivity index (χ4v) is 2.50. The van der Waals surface area contributed by atoms with Gasteiger partial charge in [0.05, 0.1) is 19.9 Å². The number of nitrogens with one attached hydrogen (secondary N) is 1. The van der Waals surface area contributed by atoms with E-state index in [9.17, 15) is 4.79 Å². The molecule has 1 aliphatic carbocycles. The molecule has 3 rings (SSSR count). The number of amides is 1. The number of ether oxygens (including phenoxy) is 1. The summed E-state index contributed by atoms with van der Waals surface area (Å²) >= 11 is 0. The predicted molar refractivity (Wildman–Crippen MR) is 76.9 cm³/mol. The fourth-order valence-electron chi connectivity index (χ4n) is 2.50. The van der Waals surface area contributed by atoms with Crippen LogP contribution in [0.4, 0.5) is 0 Å². The summed E-state index contributed by atoms with van der Waals surface area (Å²) in [5, 5.41) is 2.88. The number of carbonyl (C=O) groups is 1. The first-order chi connectivity index (χ1) is 10.2. The fraction of sp³-hybridized carbons (Fsp3) is 0.375. The Morgan fingerprint density at radius 1 is 1.52 bits per heavy atom. The summed E-state index contributed by atoms with van der Waals surface area (Å²) in [5.41, 5.74) is 1.15. The van der Waals surface area contributed by atoms with Gasteiger partial charge in [0.1, 0.15) is 11.5 Å². The van der Waals surface area contributed by atoms with Gasteiger partial charge in [-0.25, -0.2) is 4.98 Å². The number of methoxy groups -OCH3 is 1. The molecule has 21 heavy (non-hydrogen) atoms. The predicted octanol–water partition coefficient (Wildman–Crippen LogP) is 2.41. The molecule has 1 saturated carbocycles. The van der Waals surface area contributed by atoms with Crippen molar-refractivity contribution in [1.29, 1.82) is 0 Å². The van der Waals surface area contributed by atoms with Gasteiger partial charge >= 0.3 is 0 Å². The summed E-state index contributed by atoms with van der Waals surface area (Å²) in [5.74, 6) is 2.49. The quantitative estimate of drug-likeness (QED) is 0.916. The van der Waals surface area contributed by atoms with Gasteiger partial charge in [0, 0.05) is 5.92 Å². The Morgan fingerprint density at radius 2 is 2.38 bits per heavy atom. The van der Waals surface area contributed by atoms with Gasteiger partial charge in [-0.15, -0.1) is 0 Å². The van der Waals surface area contributed by atoms with Crippen LogP contribution in [0.25, 0.3) is 0 Å². The number of nitrogens with zero attached hydrogens (tertiary/aromatic N) is 1. The molecule has 1 aliphatic rings. The van der Waals surface area contributed by atoms with Crippen molar-refractivity contribution in [2.45, 2.75) is 25.8 Å². The molecule has 2 unspecified atom stereocenters. The standard InChI is InChI=1S/C16H18N2O3/c1-10-8-17-15(21-10)9-18-16(19)14-7-13(14)11-4-3-5-12(6-11)20-2/h3-6,8,13-14H,7,9H2,1-2H3,(H,18,19). The van der Waals surface area contributed by atoms with Crippen molar-refractivity contribution in [3.8, 4) is 5.75 Å². The number of aryl methyl sites for hydroxylation is 1. The lowest BCUT2D eigenvalue weighted by Gasteiger charge is -2.04. The Balaban J connectivity index is 1.55. The van der Waals surface area contributed by atoms with E-state index in [-0.39, 0.29) is 17.7 Å². The third-order valence-corrected chi connectivity index (χ3v) is 3.73. The molecule has 1 aromatic heterocycles. The maximum atomic E-state index is 12.1. The van der Waals surface area contributed by atoms with Crippen LogP contribution in [-0.2, 0) is 11.3 Å². The summed E-state index contributed by atoms with van der Waals surface area (Å²) < 4.78 is 10.5. The average Bonchev–Trinajstić information content (AvgIpc) is 3.21. The first-order valence-corrected chi connectivity index (χ1v) is 7.00. The summed E-state index contributed by atoms with van der Waals surface area (Å²) in [6, 6.07) is 7.90. The molecule has 110 valence electrons. The van der Waals surface area contributed by atoms with Crippen LogP contribution in [0.15, 0.2) is 34.9 Å². The Bertz CT molecular complexity index is 650. The second-order valence-corrected chi connectivity index (χ2v) is 5.31. The van der Waals surface area contributed by atoms with Gasteiger partial charge in [-0.1, -0.05) is 12.1 Å². The Labute approximate surface area is 123 Å². The van der Waals surface area contributed by atoms with Gasteiger partial charge in [0.25, 0.3) is 0 Å². The Hall–Kier alpha value is -2.30. The van der Waals surface area contributed by atoms with Crippen LogP contribution in [0.1, 0.15) is 29.6 Å². The van der Waals surface area contributed by atoms with Crippen molar-refractivity contribution in [3.63, 3.8) is 0 Å². The number of rotatable bonds is 5. The zero-order valence-corrected chi connectivity index (χ0v) is 12.1. The van der Waals surface area contributed by atoms with Crippen LogP contribution < -0.4 is 10.1 Å². The lowest BCUT2D eigenvalue weighted by molar-refractivity contribution is -0.122. The third-order valence-electron chi connectivity index (χ3n) is 3.73. The molecule has 1 N–H and O–H groups in total. The van der Waals surface area contributed by atoms with E-state index in [4.69, 9.17) is 9.15 Å². The first kappa shape index (κ1) is 13.7.